The highest BCUT2D eigenvalue weighted by Gasteiger charge is 2.32. The third kappa shape index (κ3) is 3.25. The van der Waals surface area contributed by atoms with Crippen LogP contribution in [-0.2, 0) is 14.2 Å². The fraction of sp³-hybridized carbons (Fsp3) is 1.00. The summed E-state index contributed by atoms with van der Waals surface area (Å²) in [7, 11) is 1.72. The summed E-state index contributed by atoms with van der Waals surface area (Å²) in [6.45, 7) is 4.46. The van der Waals surface area contributed by atoms with Crippen LogP contribution >= 0.6 is 0 Å². The summed E-state index contributed by atoms with van der Waals surface area (Å²) in [5, 5.41) is 0. The Kier molecular flexibility index (Phi) is 4.70. The molecule has 3 nitrogen and oxygen atoms in total. The second-order valence-electron chi connectivity index (χ2n) is 3.43. The molecule has 0 aromatic carbocycles. The van der Waals surface area contributed by atoms with Crippen molar-refractivity contribution in [3.63, 3.8) is 0 Å². The van der Waals surface area contributed by atoms with Crippen LogP contribution in [-0.4, -0.2) is 32.7 Å². The molecule has 1 aliphatic rings. The van der Waals surface area contributed by atoms with Gasteiger partial charge in [-0.15, -0.1) is 0 Å². The van der Waals surface area contributed by atoms with Crippen molar-refractivity contribution in [2.45, 2.75) is 38.4 Å². The van der Waals surface area contributed by atoms with Crippen LogP contribution in [0.4, 0.5) is 0 Å². The highest BCUT2D eigenvalue weighted by molar-refractivity contribution is 4.73. The molecule has 0 N–H and O–H groups in total. The minimum absolute atomic E-state index is 0.354. The zero-order valence-electron chi connectivity index (χ0n) is 8.67. The Morgan fingerprint density at radius 1 is 1.31 bits per heavy atom. The molecule has 0 unspecified atom stereocenters. The monoisotopic (exact) mass is 188 g/mol. The second-order valence-corrected chi connectivity index (χ2v) is 3.43. The quantitative estimate of drug-likeness (QED) is 0.487. The van der Waals surface area contributed by atoms with Gasteiger partial charge in [-0.1, -0.05) is 13.3 Å². The third-order valence-electron chi connectivity index (χ3n) is 2.49. The van der Waals surface area contributed by atoms with Gasteiger partial charge in [0.2, 0.25) is 0 Å². The fourth-order valence-corrected chi connectivity index (χ4v) is 1.49. The van der Waals surface area contributed by atoms with E-state index >= 15 is 0 Å². The molecule has 0 bridgehead atoms. The molecule has 0 saturated carbocycles. The Morgan fingerprint density at radius 3 is 2.54 bits per heavy atom. The van der Waals surface area contributed by atoms with Gasteiger partial charge >= 0.3 is 0 Å². The Hall–Kier alpha value is -0.120. The molecule has 1 heterocycles. The molecule has 1 saturated heterocycles. The van der Waals surface area contributed by atoms with Crippen molar-refractivity contribution >= 4 is 0 Å². The largest absolute Gasteiger partial charge is 0.381 e. The highest BCUT2D eigenvalue weighted by atomic mass is 16.7. The van der Waals surface area contributed by atoms with E-state index in [2.05, 4.69) is 6.92 Å². The fourth-order valence-electron chi connectivity index (χ4n) is 1.49. The summed E-state index contributed by atoms with van der Waals surface area (Å²) in [4.78, 5) is 0. The van der Waals surface area contributed by atoms with Crippen LogP contribution in [0.1, 0.15) is 32.6 Å². The van der Waals surface area contributed by atoms with Gasteiger partial charge in [-0.2, -0.15) is 0 Å². The van der Waals surface area contributed by atoms with Crippen LogP contribution in [0.25, 0.3) is 0 Å². The van der Waals surface area contributed by atoms with Crippen LogP contribution in [0.5, 0.6) is 0 Å². The molecule has 0 aliphatic carbocycles. The van der Waals surface area contributed by atoms with Crippen LogP contribution in [0.15, 0.2) is 0 Å². The summed E-state index contributed by atoms with van der Waals surface area (Å²) in [5.41, 5.74) is 0. The van der Waals surface area contributed by atoms with Crippen LogP contribution < -0.4 is 0 Å². The van der Waals surface area contributed by atoms with E-state index in [0.29, 0.717) is 0 Å². The Bertz CT molecular complexity index is 130. The standard InChI is InChI=1S/C10H20O3/c1-3-4-7-13-10(11-2)5-8-12-9-6-10/h3-9H2,1-2H3. The summed E-state index contributed by atoms with van der Waals surface area (Å²) >= 11 is 0. The molecule has 0 aromatic rings. The second kappa shape index (κ2) is 5.58. The average molecular weight is 188 g/mol. The van der Waals surface area contributed by atoms with E-state index in [1.165, 1.54) is 0 Å². The topological polar surface area (TPSA) is 27.7 Å². The van der Waals surface area contributed by atoms with Crippen molar-refractivity contribution in [3.8, 4) is 0 Å². The lowest BCUT2D eigenvalue weighted by Crippen LogP contribution is -2.41. The van der Waals surface area contributed by atoms with E-state index in [4.69, 9.17) is 14.2 Å². The van der Waals surface area contributed by atoms with Crippen molar-refractivity contribution in [1.82, 2.24) is 0 Å². The van der Waals surface area contributed by atoms with Crippen LogP contribution in [0.2, 0.25) is 0 Å². The SMILES string of the molecule is CCCCOC1(OC)CCOCC1. The first-order valence-electron chi connectivity index (χ1n) is 5.10. The molecule has 0 spiro atoms. The van der Waals surface area contributed by atoms with Gasteiger partial charge in [0.05, 0.1) is 19.8 Å². The smallest absolute Gasteiger partial charge is 0.172 e. The van der Waals surface area contributed by atoms with Gasteiger partial charge in [0.25, 0.3) is 0 Å². The Morgan fingerprint density at radius 2 is 2.00 bits per heavy atom. The van der Waals surface area contributed by atoms with E-state index in [9.17, 15) is 0 Å². The number of unbranched alkanes of at least 4 members (excludes halogenated alkanes) is 1. The molecular weight excluding hydrogens is 168 g/mol. The molecule has 13 heavy (non-hydrogen) atoms. The average Bonchev–Trinajstić information content (AvgIpc) is 2.20. The maximum atomic E-state index is 5.76. The summed E-state index contributed by atoms with van der Waals surface area (Å²) in [5.74, 6) is -0.354. The molecule has 1 fully saturated rings. The maximum Gasteiger partial charge on any atom is 0.172 e. The van der Waals surface area contributed by atoms with Crippen molar-refractivity contribution < 1.29 is 14.2 Å². The summed E-state index contributed by atoms with van der Waals surface area (Å²) in [6.07, 6.45) is 3.97. The molecule has 3 heteroatoms. The zero-order chi connectivity index (χ0) is 9.57. The first-order chi connectivity index (χ1) is 6.33. The number of methoxy groups -OCH3 is 1. The van der Waals surface area contributed by atoms with Gasteiger partial charge in [-0.3, -0.25) is 0 Å². The maximum absolute atomic E-state index is 5.76. The van der Waals surface area contributed by atoms with Crippen LogP contribution in [0.3, 0.4) is 0 Å². The van der Waals surface area contributed by atoms with Gasteiger partial charge in [-0.25, -0.2) is 0 Å². The first-order valence-corrected chi connectivity index (χ1v) is 5.10. The molecule has 1 rings (SSSR count). The zero-order valence-corrected chi connectivity index (χ0v) is 8.67. The van der Waals surface area contributed by atoms with E-state index in [1.807, 2.05) is 0 Å². The molecule has 78 valence electrons. The lowest BCUT2D eigenvalue weighted by Gasteiger charge is -2.35. The Balaban J connectivity index is 2.29. The van der Waals surface area contributed by atoms with Crippen LogP contribution in [0, 0.1) is 0 Å². The van der Waals surface area contributed by atoms with E-state index in [0.717, 1.165) is 45.5 Å². The number of ether oxygens (including phenoxy) is 3. The normalized spacial score (nSPS) is 21.7. The summed E-state index contributed by atoms with van der Waals surface area (Å²) in [6, 6.07) is 0. The minimum Gasteiger partial charge on any atom is -0.381 e. The minimum atomic E-state index is -0.354. The van der Waals surface area contributed by atoms with Crippen molar-refractivity contribution in [2.75, 3.05) is 26.9 Å². The molecule has 1 aliphatic heterocycles. The van der Waals surface area contributed by atoms with E-state index < -0.39 is 0 Å². The van der Waals surface area contributed by atoms with E-state index in [1.54, 1.807) is 7.11 Å². The molecule has 0 atom stereocenters. The molecule has 0 amide bonds. The van der Waals surface area contributed by atoms with Gasteiger partial charge in [0.1, 0.15) is 0 Å². The van der Waals surface area contributed by atoms with Gasteiger partial charge in [0.15, 0.2) is 5.79 Å². The molecule has 0 radical (unpaired) electrons. The number of hydrogen-bond acceptors (Lipinski definition) is 3. The van der Waals surface area contributed by atoms with Crippen molar-refractivity contribution in [3.05, 3.63) is 0 Å². The lowest BCUT2D eigenvalue weighted by molar-refractivity contribution is -0.256. The third-order valence-corrected chi connectivity index (χ3v) is 2.49. The van der Waals surface area contributed by atoms with Gasteiger partial charge in [-0.05, 0) is 6.42 Å². The first kappa shape index (κ1) is 11.0. The van der Waals surface area contributed by atoms with E-state index in [-0.39, 0.29) is 5.79 Å². The number of hydrogen-bond donors (Lipinski definition) is 0. The Labute approximate surface area is 80.4 Å². The summed E-state index contributed by atoms with van der Waals surface area (Å²) < 4.78 is 16.5. The highest BCUT2D eigenvalue weighted by Crippen LogP contribution is 2.25. The van der Waals surface area contributed by atoms with Crippen molar-refractivity contribution in [2.24, 2.45) is 0 Å². The van der Waals surface area contributed by atoms with Gasteiger partial charge < -0.3 is 14.2 Å². The molecule has 0 aromatic heterocycles. The molecular formula is C10H20O3. The predicted molar refractivity (Wildman–Crippen MR) is 50.7 cm³/mol. The predicted octanol–water partition coefficient (Wildman–Crippen LogP) is 1.96. The lowest BCUT2D eigenvalue weighted by atomic mass is 10.1. The van der Waals surface area contributed by atoms with Gasteiger partial charge in [0, 0.05) is 20.0 Å². The number of rotatable bonds is 5. The van der Waals surface area contributed by atoms with Crippen molar-refractivity contribution in [1.29, 1.82) is 0 Å².